The highest BCUT2D eigenvalue weighted by Crippen LogP contribution is 2.29. The average molecular weight is 471 g/mol. The number of fused-ring (bicyclic) bond motifs is 1. The van der Waals surface area contributed by atoms with Gasteiger partial charge in [0, 0.05) is 37.8 Å². The van der Waals surface area contributed by atoms with E-state index in [9.17, 15) is 9.59 Å². The predicted octanol–water partition coefficient (Wildman–Crippen LogP) is 3.23. The fraction of sp³-hybridized carbons (Fsp3) is 0.391. The highest BCUT2D eigenvalue weighted by Gasteiger charge is 2.21. The zero-order chi connectivity index (χ0) is 23.5. The topological polar surface area (TPSA) is 101 Å². The fourth-order valence-corrected chi connectivity index (χ4v) is 4.10. The molecule has 4 rings (SSSR count). The van der Waals surface area contributed by atoms with Gasteiger partial charge in [-0.2, -0.15) is 4.98 Å². The normalized spacial score (nSPS) is 16.0. The van der Waals surface area contributed by atoms with Gasteiger partial charge in [-0.25, -0.2) is 4.98 Å². The number of rotatable bonds is 6. The number of anilines is 3. The lowest BCUT2D eigenvalue weighted by Gasteiger charge is -2.33. The summed E-state index contributed by atoms with van der Waals surface area (Å²) in [5.41, 5.74) is 1.16. The van der Waals surface area contributed by atoms with Crippen LogP contribution in [0.1, 0.15) is 26.2 Å². The van der Waals surface area contributed by atoms with Crippen molar-refractivity contribution in [2.24, 2.45) is 7.05 Å². The Morgan fingerprint density at radius 1 is 1.30 bits per heavy atom. The molecule has 0 spiro atoms. The van der Waals surface area contributed by atoms with Gasteiger partial charge >= 0.3 is 0 Å². The molecule has 1 fully saturated rings. The molecule has 2 N–H and O–H groups in total. The Morgan fingerprint density at radius 3 is 2.88 bits per heavy atom. The lowest BCUT2D eigenvalue weighted by molar-refractivity contribution is -0.122. The van der Waals surface area contributed by atoms with Gasteiger partial charge in [0.15, 0.2) is 18.2 Å². The maximum absolute atomic E-state index is 12.6. The zero-order valence-electron chi connectivity index (χ0n) is 18.9. The van der Waals surface area contributed by atoms with Crippen molar-refractivity contribution in [3.63, 3.8) is 0 Å². The highest BCUT2D eigenvalue weighted by molar-refractivity contribution is 6.32. The second-order valence-electron chi connectivity index (χ2n) is 8.14. The van der Waals surface area contributed by atoms with Crippen LogP contribution < -0.4 is 25.8 Å². The number of likely N-dealkylation sites (N-methyl/N-ethyl adjacent to an activating group) is 1. The van der Waals surface area contributed by atoms with E-state index in [-0.39, 0.29) is 23.8 Å². The third-order valence-corrected chi connectivity index (χ3v) is 6.16. The molecule has 1 aliphatic heterocycles. The van der Waals surface area contributed by atoms with Crippen molar-refractivity contribution in [2.75, 3.05) is 30.4 Å². The summed E-state index contributed by atoms with van der Waals surface area (Å²) in [6.07, 6.45) is 5.06. The molecule has 3 aromatic rings. The monoisotopic (exact) mass is 470 g/mol. The summed E-state index contributed by atoms with van der Waals surface area (Å²) in [6.45, 7) is 2.87. The van der Waals surface area contributed by atoms with Crippen molar-refractivity contribution < 1.29 is 9.53 Å². The Labute approximate surface area is 196 Å². The van der Waals surface area contributed by atoms with E-state index in [2.05, 4.69) is 32.4 Å². The number of carbonyl (C=O) groups is 1. The number of nitrogens with one attached hydrogen (secondary N) is 2. The summed E-state index contributed by atoms with van der Waals surface area (Å²) in [6, 6.07) is 7.58. The number of pyridine rings is 1. The van der Waals surface area contributed by atoms with E-state index in [1.807, 2.05) is 18.2 Å². The predicted molar refractivity (Wildman–Crippen MR) is 130 cm³/mol. The third kappa shape index (κ3) is 4.88. The Hall–Kier alpha value is -3.33. The van der Waals surface area contributed by atoms with Crippen LogP contribution >= 0.6 is 11.6 Å². The number of nitrogens with zero attached hydrogens (tertiary/aromatic N) is 4. The van der Waals surface area contributed by atoms with Crippen molar-refractivity contribution >= 4 is 45.9 Å². The van der Waals surface area contributed by atoms with Gasteiger partial charge in [0.2, 0.25) is 5.95 Å². The smallest absolute Gasteiger partial charge is 0.293 e. The minimum Gasteiger partial charge on any atom is -0.478 e. The molecule has 0 unspecified atom stereocenters. The van der Waals surface area contributed by atoms with Crippen molar-refractivity contribution in [3.05, 3.63) is 45.8 Å². The van der Waals surface area contributed by atoms with Crippen LogP contribution in [-0.4, -0.2) is 46.7 Å². The van der Waals surface area contributed by atoms with Crippen molar-refractivity contribution in [1.82, 2.24) is 19.9 Å². The number of amides is 1. The molecule has 1 saturated heterocycles. The molecule has 1 aromatic carbocycles. The molecule has 2 aromatic heterocycles. The molecule has 9 nitrogen and oxygen atoms in total. The summed E-state index contributed by atoms with van der Waals surface area (Å²) in [5, 5.41) is 6.92. The summed E-state index contributed by atoms with van der Waals surface area (Å²) < 4.78 is 6.93. The number of aromatic nitrogens is 3. The molecule has 33 heavy (non-hydrogen) atoms. The van der Waals surface area contributed by atoms with Crippen molar-refractivity contribution in [3.8, 4) is 5.75 Å². The largest absolute Gasteiger partial charge is 0.478 e. The summed E-state index contributed by atoms with van der Waals surface area (Å²) in [4.78, 5) is 35.4. The molecule has 1 atom stereocenters. The molecule has 0 radical (unpaired) electrons. The lowest BCUT2D eigenvalue weighted by Crippen LogP contribution is -2.38. The maximum Gasteiger partial charge on any atom is 0.293 e. The standard InChI is InChI=1S/C23H27ClN6O3/c1-14-6-4-5-9-30(14)23-26-12-17(24)21(28-23)27-16-7-8-18-15(10-16)11-19(22(32)29(18)3)33-13-20(31)25-2/h7-8,10-12,14H,4-6,9,13H2,1-3H3,(H,25,31)(H,26,27,28)/t14-/m1/s1. The van der Waals surface area contributed by atoms with Gasteiger partial charge in [0.25, 0.3) is 11.5 Å². The quantitative estimate of drug-likeness (QED) is 0.570. The molecule has 174 valence electrons. The van der Waals surface area contributed by atoms with E-state index in [4.69, 9.17) is 16.3 Å². The minimum absolute atomic E-state index is 0.104. The van der Waals surface area contributed by atoms with Gasteiger partial charge in [-0.3, -0.25) is 9.59 Å². The highest BCUT2D eigenvalue weighted by atomic mass is 35.5. The van der Waals surface area contributed by atoms with Crippen LogP contribution in [0.3, 0.4) is 0 Å². The van der Waals surface area contributed by atoms with Crippen LogP contribution in [0.5, 0.6) is 5.75 Å². The van der Waals surface area contributed by atoms with E-state index < -0.39 is 0 Å². The number of ether oxygens (including phenoxy) is 1. The van der Waals surface area contributed by atoms with Gasteiger partial charge in [0.05, 0.1) is 11.7 Å². The molecule has 0 saturated carbocycles. The fourth-order valence-electron chi connectivity index (χ4n) is 3.97. The number of benzene rings is 1. The zero-order valence-corrected chi connectivity index (χ0v) is 19.6. The SMILES string of the molecule is CNC(=O)COc1cc2cc(Nc3nc(N4CCCC[C@H]4C)ncc3Cl)ccc2n(C)c1=O. The number of aryl methyl sites for hydroxylation is 1. The third-order valence-electron chi connectivity index (χ3n) is 5.88. The summed E-state index contributed by atoms with van der Waals surface area (Å²) in [5.74, 6) is 0.957. The second-order valence-corrected chi connectivity index (χ2v) is 8.55. The van der Waals surface area contributed by atoms with Crippen LogP contribution in [-0.2, 0) is 11.8 Å². The van der Waals surface area contributed by atoms with Gasteiger partial charge in [-0.05, 0) is 50.5 Å². The average Bonchev–Trinajstić information content (AvgIpc) is 2.82. The maximum atomic E-state index is 12.6. The van der Waals surface area contributed by atoms with Gasteiger partial charge in [0.1, 0.15) is 5.02 Å². The Morgan fingerprint density at radius 2 is 2.12 bits per heavy atom. The second kappa shape index (κ2) is 9.66. The number of halogens is 1. The van der Waals surface area contributed by atoms with Crippen molar-refractivity contribution in [2.45, 2.75) is 32.2 Å². The van der Waals surface area contributed by atoms with Gasteiger partial charge in [-0.15, -0.1) is 0 Å². The first-order valence-corrected chi connectivity index (χ1v) is 11.3. The molecule has 0 aliphatic carbocycles. The molecular formula is C23H27ClN6O3. The van der Waals surface area contributed by atoms with E-state index >= 15 is 0 Å². The van der Waals surface area contributed by atoms with E-state index in [1.54, 1.807) is 19.3 Å². The minimum atomic E-state index is -0.315. The first-order chi connectivity index (χ1) is 15.9. The first kappa shape index (κ1) is 22.8. The van der Waals surface area contributed by atoms with E-state index in [0.717, 1.165) is 36.0 Å². The number of carbonyl (C=O) groups excluding carboxylic acids is 1. The Kier molecular flexibility index (Phi) is 6.69. The first-order valence-electron chi connectivity index (χ1n) is 10.9. The molecule has 1 aliphatic rings. The summed E-state index contributed by atoms with van der Waals surface area (Å²) in [7, 11) is 3.18. The van der Waals surface area contributed by atoms with Gasteiger partial charge in [-0.1, -0.05) is 11.6 Å². The molecular weight excluding hydrogens is 444 g/mol. The van der Waals surface area contributed by atoms with E-state index in [1.165, 1.54) is 18.0 Å². The van der Waals surface area contributed by atoms with Gasteiger partial charge < -0.3 is 24.8 Å². The lowest BCUT2D eigenvalue weighted by atomic mass is 10.0. The number of hydrogen-bond acceptors (Lipinski definition) is 7. The van der Waals surface area contributed by atoms with Crippen LogP contribution in [0.2, 0.25) is 5.02 Å². The van der Waals surface area contributed by atoms with Crippen LogP contribution in [0.15, 0.2) is 35.3 Å². The van der Waals surface area contributed by atoms with Crippen LogP contribution in [0, 0.1) is 0 Å². The Balaban J connectivity index is 1.64. The number of piperidine rings is 1. The Bertz CT molecular complexity index is 1240. The number of hydrogen-bond donors (Lipinski definition) is 2. The molecule has 3 heterocycles. The van der Waals surface area contributed by atoms with Crippen LogP contribution in [0.25, 0.3) is 10.9 Å². The summed E-state index contributed by atoms with van der Waals surface area (Å²) >= 11 is 6.39. The van der Waals surface area contributed by atoms with Crippen molar-refractivity contribution in [1.29, 1.82) is 0 Å². The van der Waals surface area contributed by atoms with E-state index in [0.29, 0.717) is 22.8 Å². The molecule has 1 amide bonds. The molecule has 0 bridgehead atoms. The molecule has 10 heteroatoms. The van der Waals surface area contributed by atoms with Crippen LogP contribution in [0.4, 0.5) is 17.5 Å².